The van der Waals surface area contributed by atoms with E-state index in [0.717, 1.165) is 5.69 Å². The Balaban J connectivity index is 1.57. The highest BCUT2D eigenvalue weighted by molar-refractivity contribution is 9.10. The van der Waals surface area contributed by atoms with Crippen molar-refractivity contribution in [3.8, 4) is 45.8 Å². The average molecular weight is 629 g/mol. The zero-order valence-corrected chi connectivity index (χ0v) is 24.4. The third kappa shape index (κ3) is 6.32. The van der Waals surface area contributed by atoms with E-state index in [2.05, 4.69) is 36.7 Å². The third-order valence-corrected chi connectivity index (χ3v) is 7.11. The molecule has 3 aromatic carbocycles. The number of hydrazone groups is 1. The lowest BCUT2D eigenvalue weighted by atomic mass is 10.1. The van der Waals surface area contributed by atoms with Crippen LogP contribution in [-0.4, -0.2) is 66.2 Å². The number of rotatable bonds is 11. The van der Waals surface area contributed by atoms with Gasteiger partial charge in [0.1, 0.15) is 0 Å². The summed E-state index contributed by atoms with van der Waals surface area (Å²) in [5.74, 6) is 1.88. The van der Waals surface area contributed by atoms with Crippen LogP contribution in [0.1, 0.15) is 5.56 Å². The fraction of sp³-hybridized carbons (Fsp3) is 0.185. The van der Waals surface area contributed by atoms with E-state index in [4.69, 9.17) is 18.9 Å². The van der Waals surface area contributed by atoms with Gasteiger partial charge < -0.3 is 24.1 Å². The predicted molar refractivity (Wildman–Crippen MR) is 155 cm³/mol. The van der Waals surface area contributed by atoms with Crippen molar-refractivity contribution in [2.75, 3.05) is 34.2 Å². The summed E-state index contributed by atoms with van der Waals surface area (Å²) in [6.07, 6.45) is 1.45. The van der Waals surface area contributed by atoms with Gasteiger partial charge in [0.15, 0.2) is 34.0 Å². The van der Waals surface area contributed by atoms with Crippen LogP contribution >= 0.6 is 27.7 Å². The molecule has 2 N–H and O–H groups in total. The van der Waals surface area contributed by atoms with E-state index < -0.39 is 0 Å². The molecule has 0 bridgehead atoms. The van der Waals surface area contributed by atoms with Gasteiger partial charge in [-0.1, -0.05) is 30.0 Å². The van der Waals surface area contributed by atoms with Crippen LogP contribution in [0.15, 0.2) is 69.3 Å². The van der Waals surface area contributed by atoms with E-state index in [0.29, 0.717) is 43.8 Å². The SMILES string of the molecule is COc1cc(/C=N\NC(=O)CSc2nnc(-c3cc(OC)c(OC)c(OC)c3)n2-c2ccccc2)cc(Br)c1O. The van der Waals surface area contributed by atoms with Gasteiger partial charge in [0, 0.05) is 11.3 Å². The Hall–Kier alpha value is -4.23. The van der Waals surface area contributed by atoms with Crippen molar-refractivity contribution in [2.24, 2.45) is 5.10 Å². The first-order chi connectivity index (χ1) is 19.4. The molecule has 0 spiro atoms. The molecule has 4 aromatic rings. The second-order valence-electron chi connectivity index (χ2n) is 8.03. The van der Waals surface area contributed by atoms with E-state index in [1.54, 1.807) is 38.5 Å². The molecule has 0 aliphatic rings. The number of amides is 1. The maximum Gasteiger partial charge on any atom is 0.250 e. The van der Waals surface area contributed by atoms with E-state index in [1.165, 1.54) is 32.2 Å². The van der Waals surface area contributed by atoms with Crippen molar-refractivity contribution >= 4 is 39.8 Å². The number of aromatic nitrogens is 3. The number of thioether (sulfide) groups is 1. The maximum absolute atomic E-state index is 12.6. The van der Waals surface area contributed by atoms with Crippen LogP contribution in [0.5, 0.6) is 28.7 Å². The molecule has 4 rings (SSSR count). The highest BCUT2D eigenvalue weighted by Crippen LogP contribution is 2.41. The number of nitrogens with zero attached hydrogens (tertiary/aromatic N) is 4. The number of phenolic OH excluding ortho intramolecular Hbond substituents is 1. The van der Waals surface area contributed by atoms with E-state index in [1.807, 2.05) is 34.9 Å². The Morgan fingerprint density at radius 2 is 1.68 bits per heavy atom. The summed E-state index contributed by atoms with van der Waals surface area (Å²) in [5, 5.41) is 23.2. The number of carbonyl (C=O) groups excluding carboxylic acids is 1. The molecule has 0 saturated heterocycles. The van der Waals surface area contributed by atoms with Gasteiger partial charge in [0.2, 0.25) is 5.75 Å². The number of halogens is 1. The molecule has 208 valence electrons. The molecule has 0 aliphatic heterocycles. The van der Waals surface area contributed by atoms with E-state index in [9.17, 15) is 9.90 Å². The Labute approximate surface area is 243 Å². The molecule has 13 heteroatoms. The first kappa shape index (κ1) is 28.8. The van der Waals surface area contributed by atoms with Crippen molar-refractivity contribution in [1.29, 1.82) is 0 Å². The summed E-state index contributed by atoms with van der Waals surface area (Å²) in [7, 11) is 6.07. The molecule has 0 aliphatic carbocycles. The van der Waals surface area contributed by atoms with Crippen LogP contribution < -0.4 is 24.4 Å². The number of para-hydroxylation sites is 1. The van der Waals surface area contributed by atoms with Gasteiger partial charge in [-0.25, -0.2) is 5.43 Å². The second kappa shape index (κ2) is 13.2. The van der Waals surface area contributed by atoms with Gasteiger partial charge in [0.05, 0.1) is 44.9 Å². The maximum atomic E-state index is 12.6. The molecule has 0 radical (unpaired) electrons. The molecular weight excluding hydrogens is 602 g/mol. The normalized spacial score (nSPS) is 10.9. The summed E-state index contributed by atoms with van der Waals surface area (Å²) >= 11 is 4.46. The number of nitrogens with one attached hydrogen (secondary N) is 1. The van der Waals surface area contributed by atoms with Crippen molar-refractivity contribution in [2.45, 2.75) is 5.16 Å². The molecule has 1 heterocycles. The van der Waals surface area contributed by atoms with Gasteiger partial charge in [-0.3, -0.25) is 9.36 Å². The number of hydrogen-bond acceptors (Lipinski definition) is 10. The molecule has 1 amide bonds. The topological polar surface area (TPSA) is 129 Å². The summed E-state index contributed by atoms with van der Waals surface area (Å²) in [4.78, 5) is 12.6. The molecule has 40 heavy (non-hydrogen) atoms. The highest BCUT2D eigenvalue weighted by atomic mass is 79.9. The summed E-state index contributed by atoms with van der Waals surface area (Å²) < 4.78 is 23.9. The van der Waals surface area contributed by atoms with Gasteiger partial charge in [-0.15, -0.1) is 10.2 Å². The summed E-state index contributed by atoms with van der Waals surface area (Å²) in [6.45, 7) is 0. The minimum atomic E-state index is -0.344. The Morgan fingerprint density at radius 1 is 1.00 bits per heavy atom. The second-order valence-corrected chi connectivity index (χ2v) is 9.82. The smallest absolute Gasteiger partial charge is 0.250 e. The van der Waals surface area contributed by atoms with Crippen LogP contribution in [-0.2, 0) is 4.79 Å². The van der Waals surface area contributed by atoms with Crippen molar-refractivity contribution in [3.05, 3.63) is 64.6 Å². The number of methoxy groups -OCH3 is 4. The third-order valence-electron chi connectivity index (χ3n) is 5.58. The lowest BCUT2D eigenvalue weighted by molar-refractivity contribution is -0.118. The summed E-state index contributed by atoms with van der Waals surface area (Å²) in [5.41, 5.74) is 4.61. The lowest BCUT2D eigenvalue weighted by Gasteiger charge is -2.15. The predicted octanol–water partition coefficient (Wildman–Crippen LogP) is 4.68. The molecule has 0 atom stereocenters. The zero-order valence-electron chi connectivity index (χ0n) is 22.0. The number of benzene rings is 3. The molecule has 0 saturated carbocycles. The minimum absolute atomic E-state index is 0.0199. The van der Waals surface area contributed by atoms with Crippen LogP contribution in [0.4, 0.5) is 0 Å². The number of phenols is 1. The van der Waals surface area contributed by atoms with Crippen LogP contribution in [0.3, 0.4) is 0 Å². The number of hydrogen-bond donors (Lipinski definition) is 2. The highest BCUT2D eigenvalue weighted by Gasteiger charge is 2.21. The molecule has 1 aromatic heterocycles. The largest absolute Gasteiger partial charge is 0.503 e. The van der Waals surface area contributed by atoms with Gasteiger partial charge >= 0.3 is 0 Å². The van der Waals surface area contributed by atoms with Crippen LogP contribution in [0.2, 0.25) is 0 Å². The zero-order chi connectivity index (χ0) is 28.6. The Morgan fingerprint density at radius 3 is 2.30 bits per heavy atom. The Bertz CT molecular complexity index is 1500. The fourth-order valence-corrected chi connectivity index (χ4v) is 4.94. The Kier molecular flexibility index (Phi) is 9.51. The molecular formula is C27H26BrN5O6S. The fourth-order valence-electron chi connectivity index (χ4n) is 3.74. The van der Waals surface area contributed by atoms with Crippen molar-refractivity contribution in [1.82, 2.24) is 20.2 Å². The van der Waals surface area contributed by atoms with E-state index >= 15 is 0 Å². The standard InChI is InChI=1S/C27H26BrN5O6S/c1-36-20-11-16(10-19(28)24(20)35)14-29-30-23(34)15-40-27-32-31-26(33(27)18-8-6-5-7-9-18)17-12-21(37-2)25(39-4)22(13-17)38-3/h5-14,35H,15H2,1-4H3,(H,30,34)/b29-14-. The average Bonchev–Trinajstić information content (AvgIpc) is 3.41. The lowest BCUT2D eigenvalue weighted by Crippen LogP contribution is -2.20. The monoisotopic (exact) mass is 627 g/mol. The van der Waals surface area contributed by atoms with Gasteiger partial charge in [0.25, 0.3) is 5.91 Å². The van der Waals surface area contributed by atoms with Crippen molar-refractivity contribution in [3.63, 3.8) is 0 Å². The molecule has 11 nitrogen and oxygen atoms in total. The van der Waals surface area contributed by atoms with Gasteiger partial charge in [-0.05, 0) is 57.9 Å². The van der Waals surface area contributed by atoms with Crippen LogP contribution in [0.25, 0.3) is 17.1 Å². The summed E-state index contributed by atoms with van der Waals surface area (Å²) in [6, 6.07) is 16.4. The quantitative estimate of drug-likeness (QED) is 0.138. The molecule has 0 unspecified atom stereocenters. The number of aromatic hydroxyl groups is 1. The van der Waals surface area contributed by atoms with Crippen molar-refractivity contribution < 1.29 is 28.8 Å². The minimum Gasteiger partial charge on any atom is -0.503 e. The number of ether oxygens (including phenoxy) is 4. The van der Waals surface area contributed by atoms with Gasteiger partial charge in [-0.2, -0.15) is 5.10 Å². The van der Waals surface area contributed by atoms with Crippen LogP contribution in [0, 0.1) is 0 Å². The molecule has 0 fully saturated rings. The first-order valence-electron chi connectivity index (χ1n) is 11.7. The first-order valence-corrected chi connectivity index (χ1v) is 13.5. The van der Waals surface area contributed by atoms with E-state index in [-0.39, 0.29) is 23.2 Å². The number of carbonyl (C=O) groups is 1.